The van der Waals surface area contributed by atoms with E-state index < -0.39 is 0 Å². The third-order valence-corrected chi connectivity index (χ3v) is 3.92. The maximum atomic E-state index is 10.1. The highest BCUT2D eigenvalue weighted by atomic mass is 35.5. The molecular weight excluding hydrogens is 271 g/mol. The summed E-state index contributed by atoms with van der Waals surface area (Å²) in [5.74, 6) is 0.192. The molecule has 3 nitrogen and oxygen atoms in total. The first kappa shape index (κ1) is 13.9. The van der Waals surface area contributed by atoms with Gasteiger partial charge in [0.15, 0.2) is 0 Å². The number of halogens is 2. The lowest BCUT2D eigenvalue weighted by molar-refractivity contribution is 0.167. The largest absolute Gasteiger partial charge is 0.508 e. The second-order valence-electron chi connectivity index (χ2n) is 4.53. The number of piperazine rings is 1. The monoisotopic (exact) mass is 288 g/mol. The molecular formula is C13H18Cl2N2O. The standard InChI is InChI=1S/C13H18Cl2N2O/c1-2-11(17-5-3-16-4-6-17)13-10(15)7-9(14)8-12(13)18/h7-8,11,16,18H,2-6H2,1H3/t11-/m0/s1. The number of phenols is 1. The second kappa shape index (κ2) is 6.11. The van der Waals surface area contributed by atoms with Crippen LogP contribution in [0.2, 0.25) is 10.0 Å². The Labute approximate surface area is 118 Å². The van der Waals surface area contributed by atoms with Gasteiger partial charge in [-0.15, -0.1) is 0 Å². The van der Waals surface area contributed by atoms with Crippen molar-refractivity contribution >= 4 is 23.2 Å². The highest BCUT2D eigenvalue weighted by molar-refractivity contribution is 6.35. The Morgan fingerprint density at radius 1 is 1.33 bits per heavy atom. The SMILES string of the molecule is CC[C@@H](c1c(O)cc(Cl)cc1Cl)N1CCNCC1. The van der Waals surface area contributed by atoms with Crippen molar-refractivity contribution in [3.8, 4) is 5.75 Å². The molecule has 1 saturated heterocycles. The molecule has 0 unspecified atom stereocenters. The first-order chi connectivity index (χ1) is 8.63. The van der Waals surface area contributed by atoms with Crippen LogP contribution < -0.4 is 5.32 Å². The average molecular weight is 289 g/mol. The topological polar surface area (TPSA) is 35.5 Å². The van der Waals surface area contributed by atoms with Crippen molar-refractivity contribution in [2.45, 2.75) is 19.4 Å². The zero-order chi connectivity index (χ0) is 13.1. The van der Waals surface area contributed by atoms with E-state index in [-0.39, 0.29) is 11.8 Å². The van der Waals surface area contributed by atoms with E-state index in [0.717, 1.165) is 38.2 Å². The fourth-order valence-corrected chi connectivity index (χ4v) is 3.15. The molecule has 0 radical (unpaired) electrons. The number of nitrogens with one attached hydrogen (secondary N) is 1. The van der Waals surface area contributed by atoms with Crippen LogP contribution in [-0.4, -0.2) is 36.2 Å². The van der Waals surface area contributed by atoms with E-state index in [9.17, 15) is 5.11 Å². The summed E-state index contributed by atoms with van der Waals surface area (Å²) in [6.07, 6.45) is 0.912. The summed E-state index contributed by atoms with van der Waals surface area (Å²) in [5.41, 5.74) is 0.797. The molecule has 5 heteroatoms. The van der Waals surface area contributed by atoms with Gasteiger partial charge in [-0.25, -0.2) is 0 Å². The maximum absolute atomic E-state index is 10.1. The number of hydrogen-bond donors (Lipinski definition) is 2. The van der Waals surface area contributed by atoms with Crippen LogP contribution >= 0.6 is 23.2 Å². The lowest BCUT2D eigenvalue weighted by Gasteiger charge is -2.35. The van der Waals surface area contributed by atoms with Gasteiger partial charge in [0.25, 0.3) is 0 Å². The fraction of sp³-hybridized carbons (Fsp3) is 0.538. The van der Waals surface area contributed by atoms with Gasteiger partial charge in [-0.3, -0.25) is 4.90 Å². The maximum Gasteiger partial charge on any atom is 0.123 e. The minimum Gasteiger partial charge on any atom is -0.508 e. The number of hydrogen-bond acceptors (Lipinski definition) is 3. The van der Waals surface area contributed by atoms with Gasteiger partial charge >= 0.3 is 0 Å². The van der Waals surface area contributed by atoms with Gasteiger partial charge in [0.2, 0.25) is 0 Å². The first-order valence-electron chi connectivity index (χ1n) is 6.26. The molecule has 1 fully saturated rings. The second-order valence-corrected chi connectivity index (χ2v) is 5.37. The molecule has 0 spiro atoms. The van der Waals surface area contributed by atoms with Crippen LogP contribution in [0.5, 0.6) is 5.75 Å². The minimum absolute atomic E-state index is 0.150. The van der Waals surface area contributed by atoms with Gasteiger partial charge < -0.3 is 10.4 Å². The Morgan fingerprint density at radius 2 is 2.00 bits per heavy atom. The van der Waals surface area contributed by atoms with E-state index in [0.29, 0.717) is 10.0 Å². The lowest BCUT2D eigenvalue weighted by Crippen LogP contribution is -2.45. The molecule has 100 valence electrons. The molecule has 0 amide bonds. The molecule has 1 atom stereocenters. The molecule has 18 heavy (non-hydrogen) atoms. The van der Waals surface area contributed by atoms with E-state index in [1.807, 2.05) is 0 Å². The van der Waals surface area contributed by atoms with E-state index in [4.69, 9.17) is 23.2 Å². The molecule has 2 N–H and O–H groups in total. The summed E-state index contributed by atoms with van der Waals surface area (Å²) >= 11 is 12.1. The number of benzene rings is 1. The number of phenolic OH excluding ortho intramolecular Hbond substituents is 1. The predicted molar refractivity (Wildman–Crippen MR) is 75.6 cm³/mol. The molecule has 2 rings (SSSR count). The molecule has 1 aromatic carbocycles. The zero-order valence-electron chi connectivity index (χ0n) is 10.4. The van der Waals surface area contributed by atoms with Gasteiger partial charge in [0, 0.05) is 42.8 Å². The summed E-state index contributed by atoms with van der Waals surface area (Å²) < 4.78 is 0. The zero-order valence-corrected chi connectivity index (χ0v) is 11.9. The highest BCUT2D eigenvalue weighted by Gasteiger charge is 2.25. The molecule has 1 aliphatic rings. The molecule has 1 aromatic rings. The van der Waals surface area contributed by atoms with Crippen molar-refractivity contribution in [3.05, 3.63) is 27.7 Å². The predicted octanol–water partition coefficient (Wildman–Crippen LogP) is 3.06. The Bertz CT molecular complexity index is 396. The normalized spacial score (nSPS) is 18.8. The number of nitrogens with zero attached hydrogens (tertiary/aromatic N) is 1. The number of aromatic hydroxyl groups is 1. The quantitative estimate of drug-likeness (QED) is 0.897. The molecule has 0 aliphatic carbocycles. The van der Waals surface area contributed by atoms with Crippen LogP contribution in [-0.2, 0) is 0 Å². The van der Waals surface area contributed by atoms with Crippen molar-refractivity contribution in [1.82, 2.24) is 10.2 Å². The van der Waals surface area contributed by atoms with Crippen LogP contribution in [0.15, 0.2) is 12.1 Å². The first-order valence-corrected chi connectivity index (χ1v) is 7.01. The summed E-state index contributed by atoms with van der Waals surface area (Å²) in [7, 11) is 0. The van der Waals surface area contributed by atoms with Gasteiger partial charge in [-0.05, 0) is 18.6 Å². The van der Waals surface area contributed by atoms with Gasteiger partial charge in [0.1, 0.15) is 5.75 Å². The summed E-state index contributed by atoms with van der Waals surface area (Å²) in [6.45, 7) is 6.00. The Kier molecular flexibility index (Phi) is 4.73. The Morgan fingerprint density at radius 3 is 2.56 bits per heavy atom. The van der Waals surface area contributed by atoms with Crippen molar-refractivity contribution in [2.24, 2.45) is 0 Å². The minimum atomic E-state index is 0.150. The summed E-state index contributed by atoms with van der Waals surface area (Å²) in [4.78, 5) is 2.35. The van der Waals surface area contributed by atoms with Crippen LogP contribution in [0.3, 0.4) is 0 Å². The summed E-state index contributed by atoms with van der Waals surface area (Å²) in [5, 5.41) is 14.4. The molecule has 1 aliphatic heterocycles. The van der Waals surface area contributed by atoms with E-state index in [1.165, 1.54) is 0 Å². The van der Waals surface area contributed by atoms with Crippen LogP contribution in [0.1, 0.15) is 24.9 Å². The molecule has 0 aromatic heterocycles. The molecule has 0 bridgehead atoms. The van der Waals surface area contributed by atoms with Crippen molar-refractivity contribution < 1.29 is 5.11 Å². The van der Waals surface area contributed by atoms with E-state index in [1.54, 1.807) is 12.1 Å². The Balaban J connectivity index is 2.32. The number of rotatable bonds is 3. The third kappa shape index (κ3) is 2.91. The molecule has 1 heterocycles. The van der Waals surface area contributed by atoms with Crippen LogP contribution in [0.25, 0.3) is 0 Å². The summed E-state index contributed by atoms with van der Waals surface area (Å²) in [6, 6.07) is 3.41. The highest BCUT2D eigenvalue weighted by Crippen LogP contribution is 2.38. The van der Waals surface area contributed by atoms with Gasteiger partial charge in [-0.2, -0.15) is 0 Å². The van der Waals surface area contributed by atoms with Crippen molar-refractivity contribution in [2.75, 3.05) is 26.2 Å². The molecule has 0 saturated carbocycles. The smallest absolute Gasteiger partial charge is 0.123 e. The average Bonchev–Trinajstić information content (AvgIpc) is 2.34. The van der Waals surface area contributed by atoms with Crippen molar-refractivity contribution in [3.63, 3.8) is 0 Å². The van der Waals surface area contributed by atoms with E-state index in [2.05, 4.69) is 17.1 Å². The Hall–Kier alpha value is -0.480. The fourth-order valence-electron chi connectivity index (χ4n) is 2.54. The van der Waals surface area contributed by atoms with Gasteiger partial charge in [0.05, 0.1) is 5.02 Å². The van der Waals surface area contributed by atoms with E-state index >= 15 is 0 Å². The third-order valence-electron chi connectivity index (χ3n) is 3.38. The van der Waals surface area contributed by atoms with Crippen molar-refractivity contribution in [1.29, 1.82) is 0 Å². The van der Waals surface area contributed by atoms with Crippen LogP contribution in [0, 0.1) is 0 Å². The lowest BCUT2D eigenvalue weighted by atomic mass is 10.0. The van der Waals surface area contributed by atoms with Crippen LogP contribution in [0.4, 0.5) is 0 Å². The van der Waals surface area contributed by atoms with Gasteiger partial charge in [-0.1, -0.05) is 30.1 Å².